The number of aryl methyl sites for hydroxylation is 1. The first-order chi connectivity index (χ1) is 29.9. The summed E-state index contributed by atoms with van der Waals surface area (Å²) in [4.78, 5) is 4.93. The van der Waals surface area contributed by atoms with Crippen LogP contribution in [-0.4, -0.2) is 5.71 Å². The summed E-state index contributed by atoms with van der Waals surface area (Å²) in [7, 11) is 0. The minimum Gasteiger partial charge on any atom is -0.360 e. The smallest absolute Gasteiger partial charge is 0.145 e. The second kappa shape index (κ2) is 23.5. The van der Waals surface area contributed by atoms with Gasteiger partial charge in [-0.1, -0.05) is 227 Å². The van der Waals surface area contributed by atoms with Gasteiger partial charge in [0.15, 0.2) is 0 Å². The largest absolute Gasteiger partial charge is 0.360 e. The number of aliphatic imine (C=N–C) groups is 1. The maximum atomic E-state index is 4.93. The lowest BCUT2D eigenvalue weighted by Crippen LogP contribution is -2.19. The molecule has 0 aliphatic carbocycles. The highest BCUT2D eigenvalue weighted by atomic mass is 15.1. The molecule has 306 valence electrons. The fourth-order valence-electron chi connectivity index (χ4n) is 7.10. The van der Waals surface area contributed by atoms with Crippen molar-refractivity contribution in [2.24, 2.45) is 4.99 Å². The van der Waals surface area contributed by atoms with Crippen LogP contribution in [0.5, 0.6) is 0 Å². The van der Waals surface area contributed by atoms with Gasteiger partial charge in [-0.25, -0.2) is 0 Å². The standard InChI is InChI=1S/C34H32.C23H22N2.C2H6/c1-5-26(6-2)12-10-14-27(7-3)31-22-25(4)23-32(24-31)28-18-20-30(21-19-28)34-17-11-15-29-13-8-9-16-33(29)34;1-18(20-12-6-3-7-13-20)24-23(22-16-10-5-11-17-22)25-19(2)21-14-8-4-9-15-21;1-2/h5-11,13-24H,1,12H2,2-4H3;3-17,23-24H,1H2,2H3;1-2H3/b14-10-,26-6+,27-7+;25-19+;. The van der Waals surface area contributed by atoms with E-state index in [9.17, 15) is 0 Å². The van der Waals surface area contributed by atoms with Gasteiger partial charge in [0.2, 0.25) is 0 Å². The fourth-order valence-corrected chi connectivity index (χ4v) is 7.10. The van der Waals surface area contributed by atoms with Crippen molar-refractivity contribution in [1.29, 1.82) is 0 Å². The summed E-state index contributed by atoms with van der Waals surface area (Å²) in [6.45, 7) is 20.4. The van der Waals surface area contributed by atoms with Gasteiger partial charge in [-0.15, -0.1) is 0 Å². The van der Waals surface area contributed by atoms with Crippen LogP contribution >= 0.6 is 0 Å². The highest BCUT2D eigenvalue weighted by Gasteiger charge is 2.12. The SMILES string of the molecule is C=C(NC(/N=C(\C)c1ccccc1)c1ccccc1)c1ccccc1.C=C/C(=C\C)C/C=C\C(=C/C)c1cc(C)cc(-c2ccc(-c3cccc4ccccc34)cc2)c1.CC. The van der Waals surface area contributed by atoms with Crippen molar-refractivity contribution in [3.05, 3.63) is 253 Å². The molecule has 7 aromatic carbocycles. The van der Waals surface area contributed by atoms with Gasteiger partial charge >= 0.3 is 0 Å². The number of fused-ring (bicyclic) bond motifs is 1. The van der Waals surface area contributed by atoms with Crippen molar-refractivity contribution in [3.8, 4) is 22.3 Å². The lowest BCUT2D eigenvalue weighted by Gasteiger charge is -2.19. The Bertz CT molecular complexity index is 2580. The molecule has 0 saturated heterocycles. The van der Waals surface area contributed by atoms with Crippen molar-refractivity contribution in [1.82, 2.24) is 5.32 Å². The van der Waals surface area contributed by atoms with Crippen LogP contribution in [0.25, 0.3) is 44.3 Å². The second-order valence-electron chi connectivity index (χ2n) is 14.5. The molecule has 0 radical (unpaired) electrons. The quantitative estimate of drug-likeness (QED) is 0.0912. The average Bonchev–Trinajstić information content (AvgIpc) is 3.32. The molecule has 0 bridgehead atoms. The Morgan fingerprint density at radius 3 is 1.85 bits per heavy atom. The van der Waals surface area contributed by atoms with Gasteiger partial charge in [0, 0.05) is 11.4 Å². The fraction of sp³-hybridized carbons (Fsp3) is 0.136. The third-order valence-corrected chi connectivity index (χ3v) is 10.4. The summed E-state index contributed by atoms with van der Waals surface area (Å²) >= 11 is 0. The zero-order valence-corrected chi connectivity index (χ0v) is 36.8. The second-order valence-corrected chi connectivity index (χ2v) is 14.5. The van der Waals surface area contributed by atoms with Crippen molar-refractivity contribution >= 4 is 27.8 Å². The third kappa shape index (κ3) is 12.7. The van der Waals surface area contributed by atoms with Crippen molar-refractivity contribution < 1.29 is 0 Å². The molecule has 1 unspecified atom stereocenters. The predicted molar refractivity (Wildman–Crippen MR) is 269 cm³/mol. The Balaban J connectivity index is 0.000000232. The van der Waals surface area contributed by atoms with Gasteiger partial charge < -0.3 is 5.32 Å². The highest BCUT2D eigenvalue weighted by Crippen LogP contribution is 2.32. The lowest BCUT2D eigenvalue weighted by atomic mass is 9.93. The van der Waals surface area contributed by atoms with E-state index >= 15 is 0 Å². The van der Waals surface area contributed by atoms with Crippen LogP contribution in [0, 0.1) is 6.92 Å². The van der Waals surface area contributed by atoms with E-state index in [1.807, 2.05) is 93.6 Å². The summed E-state index contributed by atoms with van der Waals surface area (Å²) in [5.74, 6) is 0. The topological polar surface area (TPSA) is 24.4 Å². The van der Waals surface area contributed by atoms with E-state index in [1.165, 1.54) is 55.3 Å². The van der Waals surface area contributed by atoms with Gasteiger partial charge in [-0.2, -0.15) is 0 Å². The first-order valence-corrected chi connectivity index (χ1v) is 21.3. The molecule has 7 rings (SSSR count). The van der Waals surface area contributed by atoms with E-state index in [0.29, 0.717) is 0 Å². The van der Waals surface area contributed by atoms with Crippen LogP contribution in [0.15, 0.2) is 230 Å². The van der Waals surface area contributed by atoms with Crippen LogP contribution in [0.2, 0.25) is 0 Å². The molecule has 1 N–H and O–H groups in total. The number of allylic oxidation sites excluding steroid dienone is 7. The van der Waals surface area contributed by atoms with E-state index in [-0.39, 0.29) is 6.17 Å². The Morgan fingerprint density at radius 2 is 1.21 bits per heavy atom. The van der Waals surface area contributed by atoms with E-state index in [0.717, 1.165) is 34.5 Å². The van der Waals surface area contributed by atoms with E-state index in [2.05, 4.69) is 173 Å². The molecule has 0 fully saturated rings. The summed E-state index contributed by atoms with van der Waals surface area (Å²) in [6.07, 6.45) is 11.4. The van der Waals surface area contributed by atoms with Gasteiger partial charge in [0.25, 0.3) is 0 Å². The molecule has 0 spiro atoms. The maximum absolute atomic E-state index is 4.93. The minimum atomic E-state index is -0.186. The third-order valence-electron chi connectivity index (χ3n) is 10.4. The van der Waals surface area contributed by atoms with Gasteiger partial charge in [0.1, 0.15) is 6.17 Å². The molecule has 0 heterocycles. The van der Waals surface area contributed by atoms with Gasteiger partial charge in [-0.05, 0) is 112 Å². The number of benzene rings is 7. The molecule has 0 saturated carbocycles. The first-order valence-electron chi connectivity index (χ1n) is 21.3. The Kier molecular flexibility index (Phi) is 17.4. The van der Waals surface area contributed by atoms with E-state index in [1.54, 1.807) is 0 Å². The van der Waals surface area contributed by atoms with Crippen LogP contribution < -0.4 is 5.32 Å². The molecule has 0 aliphatic heterocycles. The van der Waals surface area contributed by atoms with Crippen LogP contribution in [0.1, 0.15) is 75.0 Å². The molecule has 2 heteroatoms. The number of nitrogens with zero attached hydrogens (tertiary/aromatic N) is 1. The molecule has 0 aromatic heterocycles. The van der Waals surface area contributed by atoms with Gasteiger partial charge in [0.05, 0.1) is 0 Å². The van der Waals surface area contributed by atoms with Crippen LogP contribution in [0.3, 0.4) is 0 Å². The minimum absolute atomic E-state index is 0.186. The average molecular weight is 797 g/mol. The number of hydrogen-bond donors (Lipinski definition) is 1. The Hall–Kier alpha value is -7.03. The monoisotopic (exact) mass is 796 g/mol. The molecule has 1 atom stereocenters. The Morgan fingerprint density at radius 1 is 0.623 bits per heavy atom. The summed E-state index contributed by atoms with van der Waals surface area (Å²) in [5, 5.41) is 6.03. The highest BCUT2D eigenvalue weighted by molar-refractivity contribution is 5.99. The summed E-state index contributed by atoms with van der Waals surface area (Å²) in [6, 6.07) is 61.5. The van der Waals surface area contributed by atoms with Crippen molar-refractivity contribution in [2.75, 3.05) is 0 Å². The summed E-state index contributed by atoms with van der Waals surface area (Å²) < 4.78 is 0. The van der Waals surface area contributed by atoms with E-state index in [4.69, 9.17) is 4.99 Å². The molecule has 0 aliphatic rings. The van der Waals surface area contributed by atoms with Crippen molar-refractivity contribution in [3.63, 3.8) is 0 Å². The number of nitrogens with one attached hydrogen (secondary N) is 1. The van der Waals surface area contributed by atoms with Crippen molar-refractivity contribution in [2.45, 2.75) is 54.1 Å². The Labute approximate surface area is 365 Å². The molecule has 61 heavy (non-hydrogen) atoms. The zero-order chi connectivity index (χ0) is 43.4. The van der Waals surface area contributed by atoms with E-state index < -0.39 is 0 Å². The number of hydrogen-bond acceptors (Lipinski definition) is 2. The van der Waals surface area contributed by atoms with Crippen LogP contribution in [0.4, 0.5) is 0 Å². The number of rotatable bonds is 13. The summed E-state index contributed by atoms with van der Waals surface area (Å²) in [5.41, 5.74) is 15.1. The molecule has 0 amide bonds. The molecular weight excluding hydrogens is 737 g/mol. The molecule has 2 nitrogen and oxygen atoms in total. The molecular formula is C59H60N2. The first kappa shape index (κ1) is 45.1. The predicted octanol–water partition coefficient (Wildman–Crippen LogP) is 16.4. The van der Waals surface area contributed by atoms with Crippen LogP contribution in [-0.2, 0) is 0 Å². The lowest BCUT2D eigenvalue weighted by molar-refractivity contribution is 0.670. The normalized spacial score (nSPS) is 12.1. The zero-order valence-electron chi connectivity index (χ0n) is 36.8. The maximum Gasteiger partial charge on any atom is 0.145 e. The van der Waals surface area contributed by atoms with Gasteiger partial charge in [-0.3, -0.25) is 4.99 Å². The molecule has 7 aromatic rings.